The molecular formula is C12H14N4. The third-order valence-corrected chi connectivity index (χ3v) is 2.62. The molecule has 2 rings (SSSR count). The van der Waals surface area contributed by atoms with E-state index in [1.165, 1.54) is 0 Å². The van der Waals surface area contributed by atoms with E-state index < -0.39 is 0 Å². The summed E-state index contributed by atoms with van der Waals surface area (Å²) in [4.78, 5) is 8.11. The van der Waals surface area contributed by atoms with Gasteiger partial charge in [-0.3, -0.25) is 4.98 Å². The molecule has 0 saturated carbocycles. The highest BCUT2D eigenvalue weighted by atomic mass is 14.8. The number of pyridine rings is 2. The molecule has 2 heterocycles. The third kappa shape index (κ3) is 1.87. The second-order valence-electron chi connectivity index (χ2n) is 3.69. The molecule has 82 valence electrons. The SMILES string of the molecule is Cc1ccncc1C(N)c1cccnc1N. The van der Waals surface area contributed by atoms with Crippen molar-refractivity contribution in [3.63, 3.8) is 0 Å². The lowest BCUT2D eigenvalue weighted by Gasteiger charge is -2.15. The number of hydrogen-bond donors (Lipinski definition) is 2. The third-order valence-electron chi connectivity index (χ3n) is 2.62. The molecule has 0 radical (unpaired) electrons. The van der Waals surface area contributed by atoms with Gasteiger partial charge >= 0.3 is 0 Å². The maximum Gasteiger partial charge on any atom is 0.128 e. The number of nitrogens with zero attached hydrogens (tertiary/aromatic N) is 2. The monoisotopic (exact) mass is 214 g/mol. The Balaban J connectivity index is 2.44. The van der Waals surface area contributed by atoms with Crippen molar-refractivity contribution in [2.45, 2.75) is 13.0 Å². The number of rotatable bonds is 2. The summed E-state index contributed by atoms with van der Waals surface area (Å²) in [7, 11) is 0. The molecule has 4 nitrogen and oxygen atoms in total. The summed E-state index contributed by atoms with van der Waals surface area (Å²) in [5.41, 5.74) is 14.9. The van der Waals surface area contributed by atoms with Gasteiger partial charge in [-0.25, -0.2) is 4.98 Å². The van der Waals surface area contributed by atoms with Gasteiger partial charge in [-0.2, -0.15) is 0 Å². The van der Waals surface area contributed by atoms with Crippen LogP contribution in [-0.4, -0.2) is 9.97 Å². The molecule has 1 atom stereocenters. The molecular weight excluding hydrogens is 200 g/mol. The minimum absolute atomic E-state index is 0.276. The molecule has 0 bridgehead atoms. The smallest absolute Gasteiger partial charge is 0.128 e. The zero-order valence-corrected chi connectivity index (χ0v) is 9.09. The molecule has 4 N–H and O–H groups in total. The molecule has 0 fully saturated rings. The van der Waals surface area contributed by atoms with Crippen molar-refractivity contribution in [1.29, 1.82) is 0 Å². The fraction of sp³-hybridized carbons (Fsp3) is 0.167. The van der Waals surface area contributed by atoms with Gasteiger partial charge in [-0.1, -0.05) is 6.07 Å². The highest BCUT2D eigenvalue weighted by molar-refractivity contribution is 5.46. The van der Waals surface area contributed by atoms with Gasteiger partial charge in [0.05, 0.1) is 6.04 Å². The first-order chi connectivity index (χ1) is 7.70. The summed E-state index contributed by atoms with van der Waals surface area (Å²) in [5, 5.41) is 0. The predicted molar refractivity (Wildman–Crippen MR) is 63.7 cm³/mol. The topological polar surface area (TPSA) is 77.8 Å². The van der Waals surface area contributed by atoms with E-state index >= 15 is 0 Å². The van der Waals surface area contributed by atoms with E-state index in [-0.39, 0.29) is 6.04 Å². The molecule has 0 aliphatic rings. The summed E-state index contributed by atoms with van der Waals surface area (Å²) in [6.07, 6.45) is 5.17. The molecule has 2 aromatic rings. The van der Waals surface area contributed by atoms with Crippen LogP contribution >= 0.6 is 0 Å². The Morgan fingerprint density at radius 3 is 2.69 bits per heavy atom. The molecule has 0 saturated heterocycles. The van der Waals surface area contributed by atoms with Gasteiger partial charge in [-0.05, 0) is 30.2 Å². The standard InChI is InChI=1S/C12H14N4/c1-8-4-6-15-7-10(8)11(13)9-3-2-5-16-12(9)14/h2-7,11H,13H2,1H3,(H2,14,16). The molecule has 4 heteroatoms. The van der Waals surface area contributed by atoms with Gasteiger partial charge in [-0.15, -0.1) is 0 Å². The maximum atomic E-state index is 6.16. The fourth-order valence-electron chi connectivity index (χ4n) is 1.66. The van der Waals surface area contributed by atoms with Crippen LogP contribution in [0.4, 0.5) is 5.82 Å². The molecule has 1 unspecified atom stereocenters. The van der Waals surface area contributed by atoms with Crippen LogP contribution in [0, 0.1) is 6.92 Å². The summed E-state index contributed by atoms with van der Waals surface area (Å²) in [6, 6.07) is 5.38. The minimum atomic E-state index is -0.276. The molecule has 0 aliphatic carbocycles. The van der Waals surface area contributed by atoms with Crippen molar-refractivity contribution in [2.75, 3.05) is 5.73 Å². The Morgan fingerprint density at radius 1 is 1.19 bits per heavy atom. The van der Waals surface area contributed by atoms with E-state index in [4.69, 9.17) is 11.5 Å². The normalized spacial score (nSPS) is 12.4. The van der Waals surface area contributed by atoms with Crippen molar-refractivity contribution in [3.05, 3.63) is 53.5 Å². The van der Waals surface area contributed by atoms with Crippen LogP contribution in [0.3, 0.4) is 0 Å². The Hall–Kier alpha value is -1.94. The number of aryl methyl sites for hydroxylation is 1. The van der Waals surface area contributed by atoms with Gasteiger partial charge < -0.3 is 11.5 Å². The fourth-order valence-corrected chi connectivity index (χ4v) is 1.66. The summed E-state index contributed by atoms with van der Waals surface area (Å²) in [6.45, 7) is 2.00. The number of nitrogens with two attached hydrogens (primary N) is 2. The average molecular weight is 214 g/mol. The molecule has 0 amide bonds. The number of nitrogen functional groups attached to an aromatic ring is 1. The van der Waals surface area contributed by atoms with E-state index in [0.717, 1.165) is 16.7 Å². The van der Waals surface area contributed by atoms with E-state index in [1.54, 1.807) is 18.6 Å². The first-order valence-corrected chi connectivity index (χ1v) is 5.06. The van der Waals surface area contributed by atoms with Crippen LogP contribution in [0.15, 0.2) is 36.8 Å². The van der Waals surface area contributed by atoms with E-state index in [2.05, 4.69) is 9.97 Å². The minimum Gasteiger partial charge on any atom is -0.383 e. The first kappa shape index (κ1) is 10.6. The highest BCUT2D eigenvalue weighted by Crippen LogP contribution is 2.24. The lowest BCUT2D eigenvalue weighted by molar-refractivity contribution is 0.849. The number of hydrogen-bond acceptors (Lipinski definition) is 4. The maximum absolute atomic E-state index is 6.16. The van der Waals surface area contributed by atoms with Gasteiger partial charge in [0, 0.05) is 24.2 Å². The largest absolute Gasteiger partial charge is 0.383 e. The lowest BCUT2D eigenvalue weighted by atomic mass is 9.98. The van der Waals surface area contributed by atoms with Crippen LogP contribution in [0.5, 0.6) is 0 Å². The van der Waals surface area contributed by atoms with Gasteiger partial charge in [0.15, 0.2) is 0 Å². The van der Waals surface area contributed by atoms with E-state index in [9.17, 15) is 0 Å². The predicted octanol–water partition coefficient (Wildman–Crippen LogP) is 1.42. The summed E-state index contributed by atoms with van der Waals surface area (Å²) in [5.74, 6) is 0.471. The van der Waals surface area contributed by atoms with Crippen molar-refractivity contribution in [3.8, 4) is 0 Å². The van der Waals surface area contributed by atoms with Crippen LogP contribution in [0.25, 0.3) is 0 Å². The van der Waals surface area contributed by atoms with Gasteiger partial charge in [0.1, 0.15) is 5.82 Å². The van der Waals surface area contributed by atoms with E-state index in [1.807, 2.05) is 25.1 Å². The van der Waals surface area contributed by atoms with Gasteiger partial charge in [0.2, 0.25) is 0 Å². The molecule has 2 aromatic heterocycles. The van der Waals surface area contributed by atoms with Crippen molar-refractivity contribution in [1.82, 2.24) is 9.97 Å². The number of anilines is 1. The molecule has 0 aromatic carbocycles. The van der Waals surface area contributed by atoms with E-state index in [0.29, 0.717) is 5.82 Å². The molecule has 0 spiro atoms. The average Bonchev–Trinajstić information content (AvgIpc) is 2.29. The second-order valence-corrected chi connectivity index (χ2v) is 3.69. The second kappa shape index (κ2) is 4.28. The van der Waals surface area contributed by atoms with Crippen molar-refractivity contribution in [2.24, 2.45) is 5.73 Å². The Kier molecular flexibility index (Phi) is 2.83. The molecule has 0 aliphatic heterocycles. The van der Waals surface area contributed by atoms with Crippen LogP contribution < -0.4 is 11.5 Å². The quantitative estimate of drug-likeness (QED) is 0.792. The highest BCUT2D eigenvalue weighted by Gasteiger charge is 2.14. The Morgan fingerprint density at radius 2 is 2.00 bits per heavy atom. The van der Waals surface area contributed by atoms with Crippen molar-refractivity contribution < 1.29 is 0 Å². The Bertz CT molecular complexity index is 450. The molecule has 16 heavy (non-hydrogen) atoms. The van der Waals surface area contributed by atoms with Gasteiger partial charge in [0.25, 0.3) is 0 Å². The van der Waals surface area contributed by atoms with Crippen LogP contribution in [0.1, 0.15) is 22.7 Å². The van der Waals surface area contributed by atoms with Crippen LogP contribution in [0.2, 0.25) is 0 Å². The van der Waals surface area contributed by atoms with Crippen molar-refractivity contribution >= 4 is 5.82 Å². The summed E-state index contributed by atoms with van der Waals surface area (Å²) < 4.78 is 0. The van der Waals surface area contributed by atoms with Crippen LogP contribution in [-0.2, 0) is 0 Å². The summed E-state index contributed by atoms with van der Waals surface area (Å²) >= 11 is 0. The first-order valence-electron chi connectivity index (χ1n) is 5.06. The lowest BCUT2D eigenvalue weighted by Crippen LogP contribution is -2.15. The Labute approximate surface area is 94.3 Å². The zero-order valence-electron chi connectivity index (χ0n) is 9.09. The zero-order chi connectivity index (χ0) is 11.5. The number of aromatic nitrogens is 2.